The maximum atomic E-state index is 12.4. The lowest BCUT2D eigenvalue weighted by Crippen LogP contribution is -2.38. The minimum absolute atomic E-state index is 0.0770. The molecule has 1 atom stereocenters. The first kappa shape index (κ1) is 17.0. The first-order valence-corrected chi connectivity index (χ1v) is 8.80. The fourth-order valence-corrected chi connectivity index (χ4v) is 3.47. The molecule has 0 saturated heterocycles. The van der Waals surface area contributed by atoms with E-state index in [9.17, 15) is 4.79 Å². The highest BCUT2D eigenvalue weighted by atomic mass is 35.5. The van der Waals surface area contributed by atoms with Gasteiger partial charge in [-0.3, -0.25) is 9.69 Å². The molecule has 3 nitrogen and oxygen atoms in total. The van der Waals surface area contributed by atoms with Crippen LogP contribution in [0.3, 0.4) is 0 Å². The zero-order valence-electron chi connectivity index (χ0n) is 14.0. The fraction of sp³-hybridized carbons (Fsp3) is 0.350. The van der Waals surface area contributed by atoms with E-state index in [1.807, 2.05) is 36.2 Å². The largest absolute Gasteiger partial charge is 0.348 e. The third-order valence-corrected chi connectivity index (χ3v) is 4.74. The molecular weight excluding hydrogens is 320 g/mol. The van der Waals surface area contributed by atoms with Gasteiger partial charge in [0.1, 0.15) is 0 Å². The molecule has 1 unspecified atom stereocenters. The maximum Gasteiger partial charge on any atom is 0.234 e. The molecule has 0 bridgehead atoms. The third-order valence-electron chi connectivity index (χ3n) is 4.48. The quantitative estimate of drug-likeness (QED) is 0.891. The van der Waals surface area contributed by atoms with E-state index in [4.69, 9.17) is 11.6 Å². The molecule has 1 N–H and O–H groups in total. The van der Waals surface area contributed by atoms with E-state index in [1.165, 1.54) is 11.1 Å². The summed E-state index contributed by atoms with van der Waals surface area (Å²) in [5.74, 6) is 0.0770. The van der Waals surface area contributed by atoms with Crippen LogP contribution in [0.2, 0.25) is 5.02 Å². The Hall–Kier alpha value is -1.84. The topological polar surface area (TPSA) is 32.3 Å². The number of hydrogen-bond acceptors (Lipinski definition) is 2. The molecular formula is C20H23ClN2O. The van der Waals surface area contributed by atoms with Crippen molar-refractivity contribution in [2.45, 2.75) is 31.8 Å². The Kier molecular flexibility index (Phi) is 5.54. The molecule has 1 amide bonds. The number of rotatable bonds is 5. The second kappa shape index (κ2) is 7.82. The molecule has 1 aliphatic carbocycles. The Morgan fingerprint density at radius 2 is 1.96 bits per heavy atom. The van der Waals surface area contributed by atoms with Crippen LogP contribution in [0.4, 0.5) is 0 Å². The first-order valence-electron chi connectivity index (χ1n) is 8.42. The highest BCUT2D eigenvalue weighted by Gasteiger charge is 2.21. The lowest BCUT2D eigenvalue weighted by Gasteiger charge is -2.27. The summed E-state index contributed by atoms with van der Waals surface area (Å²) in [6.07, 6.45) is 3.26. The summed E-state index contributed by atoms with van der Waals surface area (Å²) < 4.78 is 0. The van der Waals surface area contributed by atoms with E-state index in [2.05, 4.69) is 29.6 Å². The SMILES string of the molecule is CN(CC(=O)NC1CCCc2ccccc21)Cc1ccc(Cl)cc1. The summed E-state index contributed by atoms with van der Waals surface area (Å²) in [4.78, 5) is 14.4. The Balaban J connectivity index is 1.55. The lowest BCUT2D eigenvalue weighted by molar-refractivity contribution is -0.122. The van der Waals surface area contributed by atoms with Crippen molar-refractivity contribution in [3.63, 3.8) is 0 Å². The maximum absolute atomic E-state index is 12.4. The molecule has 0 aliphatic heterocycles. The van der Waals surface area contributed by atoms with Gasteiger partial charge in [-0.15, -0.1) is 0 Å². The number of amides is 1. The predicted molar refractivity (Wildman–Crippen MR) is 98.0 cm³/mol. The number of nitrogens with zero attached hydrogens (tertiary/aromatic N) is 1. The number of likely N-dealkylation sites (N-methyl/N-ethyl adjacent to an activating group) is 1. The number of carbonyl (C=O) groups is 1. The van der Waals surface area contributed by atoms with Crippen molar-refractivity contribution in [2.24, 2.45) is 0 Å². The van der Waals surface area contributed by atoms with E-state index in [-0.39, 0.29) is 11.9 Å². The molecule has 0 spiro atoms. The molecule has 0 aromatic heterocycles. The molecule has 0 radical (unpaired) electrons. The monoisotopic (exact) mass is 342 g/mol. The van der Waals surface area contributed by atoms with Gasteiger partial charge in [-0.2, -0.15) is 0 Å². The summed E-state index contributed by atoms with van der Waals surface area (Å²) in [5, 5.41) is 3.93. The van der Waals surface area contributed by atoms with Crippen LogP contribution in [-0.2, 0) is 17.8 Å². The number of nitrogens with one attached hydrogen (secondary N) is 1. The number of halogens is 1. The Bertz CT molecular complexity index is 699. The fourth-order valence-electron chi connectivity index (χ4n) is 3.35. The van der Waals surface area contributed by atoms with Crippen LogP contribution in [0.5, 0.6) is 0 Å². The van der Waals surface area contributed by atoms with Gasteiger partial charge in [-0.05, 0) is 55.1 Å². The van der Waals surface area contributed by atoms with Crippen molar-refractivity contribution < 1.29 is 4.79 Å². The van der Waals surface area contributed by atoms with Gasteiger partial charge in [-0.25, -0.2) is 0 Å². The smallest absolute Gasteiger partial charge is 0.234 e. The predicted octanol–water partition coefficient (Wildman–Crippen LogP) is 3.97. The van der Waals surface area contributed by atoms with Crippen molar-refractivity contribution in [3.05, 3.63) is 70.2 Å². The second-order valence-corrected chi connectivity index (χ2v) is 6.95. The molecule has 24 heavy (non-hydrogen) atoms. The van der Waals surface area contributed by atoms with E-state index < -0.39 is 0 Å². The van der Waals surface area contributed by atoms with Crippen LogP contribution in [0, 0.1) is 0 Å². The van der Waals surface area contributed by atoms with E-state index in [0.717, 1.165) is 36.4 Å². The van der Waals surface area contributed by atoms with Gasteiger partial charge < -0.3 is 5.32 Å². The molecule has 1 aliphatic rings. The minimum atomic E-state index is 0.0770. The second-order valence-electron chi connectivity index (χ2n) is 6.51. The van der Waals surface area contributed by atoms with Crippen molar-refractivity contribution in [2.75, 3.05) is 13.6 Å². The van der Waals surface area contributed by atoms with Crippen molar-refractivity contribution in [3.8, 4) is 0 Å². The lowest BCUT2D eigenvalue weighted by atomic mass is 9.88. The minimum Gasteiger partial charge on any atom is -0.348 e. The number of hydrogen-bond donors (Lipinski definition) is 1. The van der Waals surface area contributed by atoms with Crippen LogP contribution in [-0.4, -0.2) is 24.4 Å². The molecule has 126 valence electrons. The highest BCUT2D eigenvalue weighted by molar-refractivity contribution is 6.30. The average molecular weight is 343 g/mol. The van der Waals surface area contributed by atoms with Crippen LogP contribution < -0.4 is 5.32 Å². The van der Waals surface area contributed by atoms with Crippen LogP contribution in [0.15, 0.2) is 48.5 Å². The van der Waals surface area contributed by atoms with Gasteiger partial charge in [0, 0.05) is 11.6 Å². The van der Waals surface area contributed by atoms with Gasteiger partial charge in [0.2, 0.25) is 5.91 Å². The van der Waals surface area contributed by atoms with E-state index in [1.54, 1.807) is 0 Å². The highest BCUT2D eigenvalue weighted by Crippen LogP contribution is 2.29. The van der Waals surface area contributed by atoms with Gasteiger partial charge in [-0.1, -0.05) is 48.0 Å². The number of aryl methyl sites for hydroxylation is 1. The number of carbonyl (C=O) groups excluding carboxylic acids is 1. The number of benzene rings is 2. The van der Waals surface area contributed by atoms with Gasteiger partial charge in [0.15, 0.2) is 0 Å². The molecule has 2 aromatic carbocycles. The van der Waals surface area contributed by atoms with Gasteiger partial charge >= 0.3 is 0 Å². The van der Waals surface area contributed by atoms with E-state index in [0.29, 0.717) is 6.54 Å². The first-order chi connectivity index (χ1) is 11.6. The summed E-state index contributed by atoms with van der Waals surface area (Å²) in [7, 11) is 1.96. The van der Waals surface area contributed by atoms with Gasteiger partial charge in [0.25, 0.3) is 0 Å². The molecule has 3 rings (SSSR count). The number of fused-ring (bicyclic) bond motifs is 1. The molecule has 0 saturated carbocycles. The van der Waals surface area contributed by atoms with Crippen LogP contribution in [0.1, 0.15) is 35.6 Å². The van der Waals surface area contributed by atoms with Gasteiger partial charge in [0.05, 0.1) is 12.6 Å². The zero-order chi connectivity index (χ0) is 16.9. The van der Waals surface area contributed by atoms with E-state index >= 15 is 0 Å². The average Bonchev–Trinajstić information content (AvgIpc) is 2.57. The van der Waals surface area contributed by atoms with Crippen molar-refractivity contribution in [1.29, 1.82) is 0 Å². The van der Waals surface area contributed by atoms with Crippen LogP contribution >= 0.6 is 11.6 Å². The zero-order valence-corrected chi connectivity index (χ0v) is 14.7. The Morgan fingerprint density at radius 3 is 2.75 bits per heavy atom. The normalized spacial score (nSPS) is 16.7. The Labute approximate surface area is 148 Å². The molecule has 0 fully saturated rings. The summed E-state index contributed by atoms with van der Waals surface area (Å²) in [6, 6.07) is 16.3. The molecule has 2 aromatic rings. The van der Waals surface area contributed by atoms with Crippen molar-refractivity contribution in [1.82, 2.24) is 10.2 Å². The molecule has 0 heterocycles. The Morgan fingerprint density at radius 1 is 1.21 bits per heavy atom. The van der Waals surface area contributed by atoms with Crippen LogP contribution in [0.25, 0.3) is 0 Å². The standard InChI is InChI=1S/C20H23ClN2O/c1-23(13-15-9-11-17(21)12-10-15)14-20(24)22-19-8-4-6-16-5-2-3-7-18(16)19/h2-3,5,7,9-12,19H,4,6,8,13-14H2,1H3,(H,22,24). The van der Waals surface area contributed by atoms with Crippen molar-refractivity contribution >= 4 is 17.5 Å². The summed E-state index contributed by atoms with van der Waals surface area (Å²) >= 11 is 5.90. The summed E-state index contributed by atoms with van der Waals surface area (Å²) in [5.41, 5.74) is 3.79. The molecule has 4 heteroatoms. The third kappa shape index (κ3) is 4.37. The summed E-state index contributed by atoms with van der Waals surface area (Å²) in [6.45, 7) is 1.12.